The van der Waals surface area contributed by atoms with Crippen LogP contribution in [0.3, 0.4) is 0 Å². The molecule has 6 heteroatoms. The van der Waals surface area contributed by atoms with Gasteiger partial charge in [0.25, 0.3) is 0 Å². The van der Waals surface area contributed by atoms with Gasteiger partial charge in [-0.2, -0.15) is 0 Å². The molecule has 0 atom stereocenters. The van der Waals surface area contributed by atoms with Crippen molar-refractivity contribution < 1.29 is 29.3 Å². The molecule has 0 aromatic heterocycles. The largest absolute Gasteiger partial charge is 0.460 e. The Hall–Kier alpha value is -1.66. The molecule has 0 unspecified atom stereocenters. The van der Waals surface area contributed by atoms with Gasteiger partial charge in [0.15, 0.2) is 0 Å². The second-order valence-electron chi connectivity index (χ2n) is 3.28. The number of ether oxygens (including phenoxy) is 2. The van der Waals surface area contributed by atoms with Crippen LogP contribution in [0, 0.1) is 0 Å². The summed E-state index contributed by atoms with van der Waals surface area (Å²) in [7, 11) is 0. The minimum absolute atomic E-state index is 0.0473. The molecule has 0 saturated heterocycles. The van der Waals surface area contributed by atoms with Gasteiger partial charge >= 0.3 is 11.9 Å². The van der Waals surface area contributed by atoms with E-state index in [0.29, 0.717) is 11.1 Å². The third-order valence-electron chi connectivity index (χ3n) is 1.35. The number of carbonyl (C=O) groups is 2. The van der Waals surface area contributed by atoms with Crippen LogP contribution in [0.5, 0.6) is 0 Å². The molecule has 0 aliphatic heterocycles. The fourth-order valence-electron chi connectivity index (χ4n) is 0.523. The van der Waals surface area contributed by atoms with Gasteiger partial charge in [0.1, 0.15) is 13.2 Å². The number of aliphatic hydroxyl groups excluding tert-OH is 2. The first-order valence-corrected chi connectivity index (χ1v) is 5.23. The Bertz CT molecular complexity index is 265. The van der Waals surface area contributed by atoms with Crippen molar-refractivity contribution in [3.8, 4) is 0 Å². The van der Waals surface area contributed by atoms with Crippen LogP contribution in [0.4, 0.5) is 0 Å². The van der Waals surface area contributed by atoms with Gasteiger partial charge in [0.05, 0.1) is 13.2 Å². The summed E-state index contributed by atoms with van der Waals surface area (Å²) in [6, 6.07) is 0. The number of aliphatic hydroxyl groups is 2. The molecule has 0 amide bonds. The van der Waals surface area contributed by atoms with E-state index in [-0.39, 0.29) is 26.4 Å². The summed E-state index contributed by atoms with van der Waals surface area (Å²) in [6.07, 6.45) is 0. The van der Waals surface area contributed by atoms with Crippen LogP contribution in [-0.2, 0) is 19.1 Å². The highest BCUT2D eigenvalue weighted by Gasteiger charge is 2.00. The molecule has 0 aliphatic carbocycles. The van der Waals surface area contributed by atoms with Crippen molar-refractivity contribution in [2.75, 3.05) is 26.4 Å². The first kappa shape index (κ1) is 18.7. The molecule has 0 spiro atoms. The zero-order valence-corrected chi connectivity index (χ0v) is 10.8. The summed E-state index contributed by atoms with van der Waals surface area (Å²) in [4.78, 5) is 20.9. The van der Waals surface area contributed by atoms with Crippen molar-refractivity contribution >= 4 is 11.9 Å². The van der Waals surface area contributed by atoms with Crippen LogP contribution in [0.15, 0.2) is 24.3 Å². The minimum Gasteiger partial charge on any atom is -0.460 e. The second kappa shape index (κ2) is 11.8. The summed E-state index contributed by atoms with van der Waals surface area (Å²) in [6.45, 7) is 9.63. The van der Waals surface area contributed by atoms with Crippen molar-refractivity contribution in [3.05, 3.63) is 24.3 Å². The quantitative estimate of drug-likeness (QED) is 0.523. The summed E-state index contributed by atoms with van der Waals surface area (Å²) in [5.41, 5.74) is 0.701. The first-order chi connectivity index (χ1) is 8.36. The lowest BCUT2D eigenvalue weighted by molar-refractivity contribution is -0.140. The van der Waals surface area contributed by atoms with Gasteiger partial charge in [0, 0.05) is 11.1 Å². The lowest BCUT2D eigenvalue weighted by Gasteiger charge is -1.99. The molecule has 6 nitrogen and oxygen atoms in total. The van der Waals surface area contributed by atoms with Crippen LogP contribution in [0.2, 0.25) is 0 Å². The van der Waals surface area contributed by atoms with Crippen molar-refractivity contribution in [2.45, 2.75) is 13.8 Å². The second-order valence-corrected chi connectivity index (χ2v) is 3.28. The maximum Gasteiger partial charge on any atom is 0.333 e. The fourth-order valence-corrected chi connectivity index (χ4v) is 0.523. The Morgan fingerprint density at radius 1 is 0.889 bits per heavy atom. The molecule has 0 saturated carbocycles. The molecule has 0 fully saturated rings. The van der Waals surface area contributed by atoms with E-state index in [9.17, 15) is 9.59 Å². The molecular weight excluding hydrogens is 240 g/mol. The average molecular weight is 260 g/mol. The van der Waals surface area contributed by atoms with Crippen LogP contribution >= 0.6 is 0 Å². The van der Waals surface area contributed by atoms with Gasteiger partial charge in [-0.25, -0.2) is 9.59 Å². The van der Waals surface area contributed by atoms with E-state index in [1.54, 1.807) is 13.8 Å². The van der Waals surface area contributed by atoms with E-state index in [1.165, 1.54) is 0 Å². The van der Waals surface area contributed by atoms with Gasteiger partial charge in [-0.3, -0.25) is 0 Å². The summed E-state index contributed by atoms with van der Waals surface area (Å²) in [5, 5.41) is 16.4. The SMILES string of the molecule is C=C(C)C(=O)OCCO.C=C(C)C(=O)OCCO. The Labute approximate surface area is 107 Å². The van der Waals surface area contributed by atoms with E-state index in [0.717, 1.165) is 0 Å². The highest BCUT2D eigenvalue weighted by Crippen LogP contribution is 1.90. The van der Waals surface area contributed by atoms with Crippen LogP contribution in [0.1, 0.15) is 13.8 Å². The lowest BCUT2D eigenvalue weighted by Crippen LogP contribution is -2.08. The normalized spacial score (nSPS) is 8.67. The Balaban J connectivity index is 0. The van der Waals surface area contributed by atoms with E-state index < -0.39 is 11.9 Å². The third-order valence-corrected chi connectivity index (χ3v) is 1.35. The predicted octanol–water partition coefficient (Wildman–Crippen LogP) is 0.196. The van der Waals surface area contributed by atoms with Crippen molar-refractivity contribution in [1.82, 2.24) is 0 Å². The summed E-state index contributed by atoms with van der Waals surface area (Å²) < 4.78 is 8.93. The minimum atomic E-state index is -0.455. The number of carbonyl (C=O) groups excluding carboxylic acids is 2. The third kappa shape index (κ3) is 12.4. The van der Waals surface area contributed by atoms with Gasteiger partial charge in [-0.1, -0.05) is 13.2 Å². The predicted molar refractivity (Wildman–Crippen MR) is 65.7 cm³/mol. The first-order valence-electron chi connectivity index (χ1n) is 5.23. The highest BCUT2D eigenvalue weighted by molar-refractivity contribution is 5.87. The fraction of sp³-hybridized carbons (Fsp3) is 0.500. The van der Waals surface area contributed by atoms with E-state index in [1.807, 2.05) is 0 Å². The lowest BCUT2D eigenvalue weighted by atomic mass is 10.4. The summed E-state index contributed by atoms with van der Waals surface area (Å²) in [5.74, 6) is -0.909. The molecule has 2 N–H and O–H groups in total. The van der Waals surface area contributed by atoms with E-state index in [2.05, 4.69) is 22.6 Å². The maximum absolute atomic E-state index is 10.5. The molecule has 0 aromatic carbocycles. The van der Waals surface area contributed by atoms with Crippen molar-refractivity contribution in [3.63, 3.8) is 0 Å². The van der Waals surface area contributed by atoms with Crippen LogP contribution in [-0.4, -0.2) is 48.6 Å². The summed E-state index contributed by atoms with van der Waals surface area (Å²) >= 11 is 0. The average Bonchev–Trinajstić information content (AvgIpc) is 2.33. The van der Waals surface area contributed by atoms with E-state index in [4.69, 9.17) is 10.2 Å². The van der Waals surface area contributed by atoms with Crippen LogP contribution < -0.4 is 0 Å². The Morgan fingerprint density at radius 2 is 1.17 bits per heavy atom. The molecular formula is C12H20O6. The zero-order valence-electron chi connectivity index (χ0n) is 10.8. The molecule has 104 valence electrons. The van der Waals surface area contributed by atoms with Gasteiger partial charge in [0.2, 0.25) is 0 Å². The molecule has 0 radical (unpaired) electrons. The topological polar surface area (TPSA) is 93.1 Å². The molecule has 0 heterocycles. The highest BCUT2D eigenvalue weighted by atomic mass is 16.5. The molecule has 0 aromatic rings. The zero-order chi connectivity index (χ0) is 14.6. The number of hydrogen-bond acceptors (Lipinski definition) is 6. The Kier molecular flexibility index (Phi) is 12.3. The molecule has 18 heavy (non-hydrogen) atoms. The number of rotatable bonds is 6. The smallest absolute Gasteiger partial charge is 0.333 e. The van der Waals surface area contributed by atoms with Crippen molar-refractivity contribution in [1.29, 1.82) is 0 Å². The molecule has 0 aliphatic rings. The molecule has 0 bridgehead atoms. The monoisotopic (exact) mass is 260 g/mol. The Morgan fingerprint density at radius 3 is 1.33 bits per heavy atom. The maximum atomic E-state index is 10.5. The number of esters is 2. The van der Waals surface area contributed by atoms with Crippen LogP contribution in [0.25, 0.3) is 0 Å². The molecule has 0 rings (SSSR count). The standard InChI is InChI=1S/2C6H10O3/c2*1-5(2)6(8)9-4-3-7/h2*7H,1,3-4H2,2H3. The number of hydrogen-bond donors (Lipinski definition) is 2. The van der Waals surface area contributed by atoms with Gasteiger partial charge in [-0.05, 0) is 13.8 Å². The van der Waals surface area contributed by atoms with Gasteiger partial charge < -0.3 is 19.7 Å². The van der Waals surface area contributed by atoms with Gasteiger partial charge in [-0.15, -0.1) is 0 Å². The van der Waals surface area contributed by atoms with E-state index >= 15 is 0 Å². The van der Waals surface area contributed by atoms with Crippen molar-refractivity contribution in [2.24, 2.45) is 0 Å².